The molecule has 0 aliphatic rings. The van der Waals surface area contributed by atoms with Crippen LogP contribution < -0.4 is 5.32 Å². The molecule has 26 heavy (non-hydrogen) atoms. The van der Waals surface area contributed by atoms with E-state index in [-0.39, 0.29) is 28.7 Å². The topological polar surface area (TPSA) is 68.1 Å². The van der Waals surface area contributed by atoms with Crippen molar-refractivity contribution in [3.63, 3.8) is 0 Å². The summed E-state index contributed by atoms with van der Waals surface area (Å²) in [5, 5.41) is 14.1. The summed E-state index contributed by atoms with van der Waals surface area (Å²) in [5.41, 5.74) is -0.789. The molecule has 0 unspecified atom stereocenters. The van der Waals surface area contributed by atoms with Gasteiger partial charge in [0.1, 0.15) is 11.3 Å². The lowest BCUT2D eigenvalue weighted by Gasteiger charge is -2.15. The summed E-state index contributed by atoms with van der Waals surface area (Å²) in [6.07, 6.45) is -3.27. The van der Waals surface area contributed by atoms with Gasteiger partial charge in [-0.05, 0) is 35.9 Å². The maximum absolute atomic E-state index is 13.2. The number of pyridine rings is 1. The van der Waals surface area contributed by atoms with E-state index < -0.39 is 22.5 Å². The molecule has 0 saturated carbocycles. The molecule has 5 nitrogen and oxygen atoms in total. The molecule has 0 spiro atoms. The lowest BCUT2D eigenvalue weighted by atomic mass is 10.1. The molecular weight excluding hydrogens is 354 g/mol. The highest BCUT2D eigenvalue weighted by atomic mass is 19.4. The van der Waals surface area contributed by atoms with E-state index in [9.17, 15) is 27.7 Å². The molecule has 1 aromatic heterocycles. The fourth-order valence-corrected chi connectivity index (χ4v) is 2.62. The van der Waals surface area contributed by atoms with Crippen LogP contribution in [0.5, 0.6) is 0 Å². The molecule has 0 aliphatic carbocycles. The summed E-state index contributed by atoms with van der Waals surface area (Å²) in [6, 6.07) is 8.09. The number of halogens is 4. The van der Waals surface area contributed by atoms with Gasteiger partial charge in [0.05, 0.1) is 21.6 Å². The molecule has 0 radical (unpaired) electrons. The number of hydrogen-bond donors (Lipinski definition) is 1. The van der Waals surface area contributed by atoms with Gasteiger partial charge in [0.15, 0.2) is 0 Å². The third kappa shape index (κ3) is 3.41. The number of anilines is 1. The van der Waals surface area contributed by atoms with Gasteiger partial charge in [-0.15, -0.1) is 0 Å². The van der Waals surface area contributed by atoms with Gasteiger partial charge in [-0.1, -0.05) is 6.07 Å². The molecule has 3 rings (SSSR count). The van der Waals surface area contributed by atoms with Crippen molar-refractivity contribution in [3.05, 3.63) is 75.7 Å². The van der Waals surface area contributed by atoms with Crippen LogP contribution in [0.2, 0.25) is 0 Å². The van der Waals surface area contributed by atoms with Crippen LogP contribution in [0.3, 0.4) is 0 Å². The monoisotopic (exact) mass is 365 g/mol. The summed E-state index contributed by atoms with van der Waals surface area (Å²) >= 11 is 0. The Hall–Kier alpha value is -3.23. The van der Waals surface area contributed by atoms with Crippen molar-refractivity contribution in [2.75, 3.05) is 5.32 Å². The SMILES string of the molecule is O=[N+]([O-])c1ccc(NCc2ccc(F)cc2C(F)(F)F)c2ncccc12. The number of nitrogens with zero attached hydrogens (tertiary/aromatic N) is 2. The third-order valence-corrected chi connectivity index (χ3v) is 3.79. The highest BCUT2D eigenvalue weighted by Gasteiger charge is 2.33. The number of rotatable bonds is 4. The molecule has 0 amide bonds. The molecule has 2 aromatic carbocycles. The summed E-state index contributed by atoms with van der Waals surface area (Å²) < 4.78 is 52.4. The normalized spacial score (nSPS) is 11.5. The lowest BCUT2D eigenvalue weighted by Crippen LogP contribution is -2.12. The number of nitro groups is 1. The molecule has 0 saturated heterocycles. The van der Waals surface area contributed by atoms with E-state index in [1.807, 2.05) is 0 Å². The molecule has 0 aliphatic heterocycles. The van der Waals surface area contributed by atoms with Gasteiger partial charge in [-0.25, -0.2) is 4.39 Å². The number of benzene rings is 2. The Labute approximate surface area is 144 Å². The minimum atomic E-state index is -4.70. The molecule has 3 aromatic rings. The van der Waals surface area contributed by atoms with E-state index in [0.29, 0.717) is 11.8 Å². The van der Waals surface area contributed by atoms with Crippen molar-refractivity contribution in [1.82, 2.24) is 4.98 Å². The fourth-order valence-electron chi connectivity index (χ4n) is 2.62. The molecule has 0 atom stereocenters. The van der Waals surface area contributed by atoms with Gasteiger partial charge in [-0.3, -0.25) is 15.1 Å². The van der Waals surface area contributed by atoms with Gasteiger partial charge < -0.3 is 5.32 Å². The van der Waals surface area contributed by atoms with E-state index in [0.717, 1.165) is 12.1 Å². The Bertz CT molecular complexity index is 989. The maximum Gasteiger partial charge on any atom is 0.416 e. The average Bonchev–Trinajstić information content (AvgIpc) is 2.59. The van der Waals surface area contributed by atoms with Crippen molar-refractivity contribution in [1.29, 1.82) is 0 Å². The van der Waals surface area contributed by atoms with E-state index in [4.69, 9.17) is 0 Å². The second-order valence-electron chi connectivity index (χ2n) is 5.44. The summed E-state index contributed by atoms with van der Waals surface area (Å²) in [4.78, 5) is 14.6. The number of aromatic nitrogens is 1. The highest BCUT2D eigenvalue weighted by molar-refractivity contribution is 5.96. The quantitative estimate of drug-likeness (QED) is 0.405. The molecule has 1 heterocycles. The standard InChI is InChI=1S/C17H11F4N3O2/c18-11-4-3-10(13(8-11)17(19,20)21)9-23-14-5-6-15(24(25)26)12-2-1-7-22-16(12)14/h1-8,23H,9H2. The van der Waals surface area contributed by atoms with Crippen molar-refractivity contribution in [2.45, 2.75) is 12.7 Å². The van der Waals surface area contributed by atoms with Gasteiger partial charge in [-0.2, -0.15) is 13.2 Å². The fraction of sp³-hybridized carbons (Fsp3) is 0.118. The number of hydrogen-bond acceptors (Lipinski definition) is 4. The van der Waals surface area contributed by atoms with Crippen LogP contribution in [0.4, 0.5) is 28.9 Å². The smallest absolute Gasteiger partial charge is 0.379 e. The lowest BCUT2D eigenvalue weighted by molar-refractivity contribution is -0.383. The largest absolute Gasteiger partial charge is 0.416 e. The molecular formula is C17H11F4N3O2. The summed E-state index contributed by atoms with van der Waals surface area (Å²) in [5.74, 6) is -0.983. The van der Waals surface area contributed by atoms with Crippen LogP contribution in [0.25, 0.3) is 10.9 Å². The predicted octanol–water partition coefficient (Wildman–Crippen LogP) is 4.91. The van der Waals surface area contributed by atoms with Crippen LogP contribution >= 0.6 is 0 Å². The zero-order valence-corrected chi connectivity index (χ0v) is 13.0. The second-order valence-corrected chi connectivity index (χ2v) is 5.44. The van der Waals surface area contributed by atoms with Gasteiger partial charge in [0.25, 0.3) is 5.69 Å². The Kier molecular flexibility index (Phi) is 4.45. The number of nitro benzene ring substituents is 1. The minimum Gasteiger partial charge on any atom is -0.379 e. The average molecular weight is 365 g/mol. The molecule has 9 heteroatoms. The first-order valence-corrected chi connectivity index (χ1v) is 7.39. The Morgan fingerprint density at radius 1 is 1.15 bits per heavy atom. The second kappa shape index (κ2) is 6.58. The van der Waals surface area contributed by atoms with Crippen LogP contribution in [0.15, 0.2) is 48.7 Å². The maximum atomic E-state index is 13.2. The van der Waals surface area contributed by atoms with Crippen LogP contribution in [-0.4, -0.2) is 9.91 Å². The zero-order valence-electron chi connectivity index (χ0n) is 13.0. The number of non-ortho nitro benzene ring substituents is 1. The van der Waals surface area contributed by atoms with Crippen LogP contribution in [-0.2, 0) is 12.7 Å². The first kappa shape index (κ1) is 17.6. The number of alkyl halides is 3. The summed E-state index contributed by atoms with van der Waals surface area (Å²) in [6.45, 7) is -0.251. The third-order valence-electron chi connectivity index (χ3n) is 3.79. The van der Waals surface area contributed by atoms with Crippen molar-refractivity contribution < 1.29 is 22.5 Å². The molecule has 1 N–H and O–H groups in total. The summed E-state index contributed by atoms with van der Waals surface area (Å²) in [7, 11) is 0. The van der Waals surface area contributed by atoms with Gasteiger partial charge >= 0.3 is 6.18 Å². The molecule has 0 fully saturated rings. The first-order chi connectivity index (χ1) is 12.3. The number of fused-ring (bicyclic) bond motifs is 1. The zero-order chi connectivity index (χ0) is 18.9. The number of nitrogens with one attached hydrogen (secondary N) is 1. The van der Waals surface area contributed by atoms with Gasteiger partial charge in [0.2, 0.25) is 0 Å². The molecule has 134 valence electrons. The minimum absolute atomic E-state index is 0.152. The van der Waals surface area contributed by atoms with Crippen molar-refractivity contribution in [3.8, 4) is 0 Å². The highest BCUT2D eigenvalue weighted by Crippen LogP contribution is 2.34. The van der Waals surface area contributed by atoms with E-state index in [1.54, 1.807) is 0 Å². The van der Waals surface area contributed by atoms with E-state index in [1.165, 1.54) is 30.5 Å². The van der Waals surface area contributed by atoms with Crippen LogP contribution in [0.1, 0.15) is 11.1 Å². The first-order valence-electron chi connectivity index (χ1n) is 7.39. The van der Waals surface area contributed by atoms with E-state index in [2.05, 4.69) is 10.3 Å². The van der Waals surface area contributed by atoms with Crippen molar-refractivity contribution in [2.24, 2.45) is 0 Å². The Morgan fingerprint density at radius 2 is 1.92 bits per heavy atom. The van der Waals surface area contributed by atoms with Crippen molar-refractivity contribution >= 4 is 22.3 Å². The van der Waals surface area contributed by atoms with Gasteiger partial charge in [0, 0.05) is 18.8 Å². The Balaban J connectivity index is 1.97. The van der Waals surface area contributed by atoms with E-state index >= 15 is 0 Å². The van der Waals surface area contributed by atoms with Crippen LogP contribution in [0, 0.1) is 15.9 Å². The molecule has 0 bridgehead atoms. The predicted molar refractivity (Wildman–Crippen MR) is 87.1 cm³/mol. The Morgan fingerprint density at radius 3 is 2.62 bits per heavy atom.